The highest BCUT2D eigenvalue weighted by Gasteiger charge is 2.07. The third kappa shape index (κ3) is 7.38. The fourth-order valence-corrected chi connectivity index (χ4v) is 1.86. The summed E-state index contributed by atoms with van der Waals surface area (Å²) < 4.78 is 10.7. The number of thiocarbonyl (C=S) groups is 1. The summed E-state index contributed by atoms with van der Waals surface area (Å²) in [6, 6.07) is 6.93. The van der Waals surface area contributed by atoms with Gasteiger partial charge in [0.1, 0.15) is 12.4 Å². The number of hydrogen-bond donors (Lipinski definition) is 2. The first-order valence-corrected chi connectivity index (χ1v) is 7.98. The van der Waals surface area contributed by atoms with Crippen molar-refractivity contribution in [2.75, 3.05) is 26.4 Å². The number of ether oxygens (including phenoxy) is 2. The van der Waals surface area contributed by atoms with E-state index in [0.29, 0.717) is 36.2 Å². The van der Waals surface area contributed by atoms with E-state index < -0.39 is 0 Å². The molecule has 0 aliphatic heterocycles. The average molecular weight is 324 g/mol. The summed E-state index contributed by atoms with van der Waals surface area (Å²) in [4.78, 5) is 12.0. The summed E-state index contributed by atoms with van der Waals surface area (Å²) in [5.41, 5.74) is 0.539. The molecule has 0 radical (unpaired) electrons. The fraction of sp³-hybridized carbons (Fsp3) is 0.500. The highest BCUT2D eigenvalue weighted by atomic mass is 32.1. The van der Waals surface area contributed by atoms with Gasteiger partial charge in [0.2, 0.25) is 0 Å². The number of amides is 1. The SMILES string of the molecule is CCCCNC(=S)NC(=O)c1ccc(OCCOCC)cc1. The van der Waals surface area contributed by atoms with Crippen LogP contribution in [-0.4, -0.2) is 37.4 Å². The first-order valence-electron chi connectivity index (χ1n) is 7.57. The third-order valence-corrected chi connectivity index (χ3v) is 3.11. The first-order chi connectivity index (χ1) is 10.7. The van der Waals surface area contributed by atoms with Crippen molar-refractivity contribution in [2.45, 2.75) is 26.7 Å². The van der Waals surface area contributed by atoms with Crippen LogP contribution in [0.5, 0.6) is 5.75 Å². The van der Waals surface area contributed by atoms with Crippen molar-refractivity contribution in [2.24, 2.45) is 0 Å². The molecule has 0 bridgehead atoms. The maximum absolute atomic E-state index is 12.0. The van der Waals surface area contributed by atoms with Gasteiger partial charge in [0.25, 0.3) is 5.91 Å². The zero-order chi connectivity index (χ0) is 16.2. The van der Waals surface area contributed by atoms with Gasteiger partial charge in [-0.05, 0) is 49.8 Å². The molecule has 0 spiro atoms. The van der Waals surface area contributed by atoms with Gasteiger partial charge in [0.15, 0.2) is 5.11 Å². The summed E-state index contributed by atoms with van der Waals surface area (Å²) in [5, 5.41) is 6.01. The van der Waals surface area contributed by atoms with E-state index >= 15 is 0 Å². The molecule has 122 valence electrons. The second-order valence-corrected chi connectivity index (χ2v) is 5.04. The number of rotatable bonds is 9. The van der Waals surface area contributed by atoms with Crippen molar-refractivity contribution in [3.8, 4) is 5.75 Å². The lowest BCUT2D eigenvalue weighted by molar-refractivity contribution is 0.0976. The van der Waals surface area contributed by atoms with Crippen LogP contribution in [0.2, 0.25) is 0 Å². The quantitative estimate of drug-likeness (QED) is 0.540. The van der Waals surface area contributed by atoms with Crippen molar-refractivity contribution in [1.82, 2.24) is 10.6 Å². The molecule has 0 atom stereocenters. The van der Waals surface area contributed by atoms with Gasteiger partial charge in [-0.3, -0.25) is 10.1 Å². The van der Waals surface area contributed by atoms with Gasteiger partial charge in [0.05, 0.1) is 6.61 Å². The average Bonchev–Trinajstić information content (AvgIpc) is 2.52. The van der Waals surface area contributed by atoms with Gasteiger partial charge in [-0.15, -0.1) is 0 Å². The van der Waals surface area contributed by atoms with Crippen molar-refractivity contribution >= 4 is 23.2 Å². The van der Waals surface area contributed by atoms with Gasteiger partial charge >= 0.3 is 0 Å². The van der Waals surface area contributed by atoms with Crippen LogP contribution < -0.4 is 15.4 Å². The van der Waals surface area contributed by atoms with E-state index in [1.54, 1.807) is 24.3 Å². The summed E-state index contributed by atoms with van der Waals surface area (Å²) in [6.07, 6.45) is 2.10. The zero-order valence-corrected chi connectivity index (χ0v) is 14.0. The number of nitrogens with one attached hydrogen (secondary N) is 2. The van der Waals surface area contributed by atoms with Crippen LogP contribution in [0.15, 0.2) is 24.3 Å². The maximum atomic E-state index is 12.0. The number of carbonyl (C=O) groups is 1. The lowest BCUT2D eigenvalue weighted by Gasteiger charge is -2.10. The molecule has 0 aliphatic carbocycles. The second-order valence-electron chi connectivity index (χ2n) is 4.63. The molecule has 0 heterocycles. The number of carbonyl (C=O) groups excluding carboxylic acids is 1. The molecule has 0 unspecified atom stereocenters. The topological polar surface area (TPSA) is 59.6 Å². The van der Waals surface area contributed by atoms with Crippen LogP contribution in [0.4, 0.5) is 0 Å². The molecule has 0 fully saturated rings. The Labute approximate surface area is 137 Å². The standard InChI is InChI=1S/C16H24N2O3S/c1-3-5-10-17-16(22)18-15(19)13-6-8-14(9-7-13)21-12-11-20-4-2/h6-9H,3-5,10-12H2,1-2H3,(H2,17,18,19,22). The molecular formula is C16H24N2O3S. The predicted molar refractivity (Wildman–Crippen MR) is 91.4 cm³/mol. The molecule has 0 aromatic heterocycles. The molecular weight excluding hydrogens is 300 g/mol. The summed E-state index contributed by atoms with van der Waals surface area (Å²) in [7, 11) is 0. The Morgan fingerprint density at radius 3 is 2.55 bits per heavy atom. The highest BCUT2D eigenvalue weighted by molar-refractivity contribution is 7.80. The van der Waals surface area contributed by atoms with Crippen LogP contribution in [0.1, 0.15) is 37.0 Å². The zero-order valence-electron chi connectivity index (χ0n) is 13.2. The van der Waals surface area contributed by atoms with Crippen molar-refractivity contribution in [3.05, 3.63) is 29.8 Å². The number of unbranched alkanes of at least 4 members (excludes halogenated alkanes) is 1. The lowest BCUT2D eigenvalue weighted by Crippen LogP contribution is -2.39. The molecule has 1 aromatic carbocycles. The van der Waals surface area contributed by atoms with Gasteiger partial charge in [-0.25, -0.2) is 0 Å². The fourth-order valence-electron chi connectivity index (χ4n) is 1.66. The smallest absolute Gasteiger partial charge is 0.257 e. The Hall–Kier alpha value is -1.66. The van der Waals surface area contributed by atoms with Crippen molar-refractivity contribution in [1.29, 1.82) is 0 Å². The van der Waals surface area contributed by atoms with E-state index in [4.69, 9.17) is 21.7 Å². The molecule has 0 aliphatic rings. The van der Waals surface area contributed by atoms with Gasteiger partial charge in [0, 0.05) is 18.7 Å². The summed E-state index contributed by atoms with van der Waals surface area (Å²) >= 11 is 5.07. The molecule has 22 heavy (non-hydrogen) atoms. The number of hydrogen-bond acceptors (Lipinski definition) is 4. The van der Waals surface area contributed by atoms with E-state index in [1.807, 2.05) is 6.92 Å². The Morgan fingerprint density at radius 2 is 1.91 bits per heavy atom. The minimum Gasteiger partial charge on any atom is -0.491 e. The lowest BCUT2D eigenvalue weighted by atomic mass is 10.2. The minimum atomic E-state index is -0.227. The van der Waals surface area contributed by atoms with Gasteiger partial charge < -0.3 is 14.8 Å². The van der Waals surface area contributed by atoms with Crippen molar-refractivity contribution < 1.29 is 14.3 Å². The summed E-state index contributed by atoms with van der Waals surface area (Å²) in [5.74, 6) is 0.481. The molecule has 5 nitrogen and oxygen atoms in total. The first kappa shape index (κ1) is 18.4. The van der Waals surface area contributed by atoms with E-state index in [1.165, 1.54) is 0 Å². The minimum absolute atomic E-state index is 0.227. The third-order valence-electron chi connectivity index (χ3n) is 2.86. The second kappa shape index (κ2) is 11.0. The van der Waals surface area contributed by atoms with E-state index in [2.05, 4.69) is 17.6 Å². The Kier molecular flexibility index (Phi) is 9.18. The Bertz CT molecular complexity index is 463. The monoisotopic (exact) mass is 324 g/mol. The number of benzene rings is 1. The Morgan fingerprint density at radius 1 is 1.18 bits per heavy atom. The van der Waals surface area contributed by atoms with Crippen LogP contribution in [0, 0.1) is 0 Å². The predicted octanol–water partition coefficient (Wildman–Crippen LogP) is 2.51. The largest absolute Gasteiger partial charge is 0.491 e. The van der Waals surface area contributed by atoms with Crippen LogP contribution in [0.3, 0.4) is 0 Å². The molecule has 6 heteroatoms. The molecule has 1 aromatic rings. The summed E-state index contributed by atoms with van der Waals surface area (Å²) in [6.45, 7) is 6.52. The molecule has 1 rings (SSSR count). The van der Waals surface area contributed by atoms with E-state index in [-0.39, 0.29) is 5.91 Å². The normalized spacial score (nSPS) is 10.1. The molecule has 2 N–H and O–H groups in total. The van der Waals surface area contributed by atoms with Gasteiger partial charge in [-0.1, -0.05) is 13.3 Å². The highest BCUT2D eigenvalue weighted by Crippen LogP contribution is 2.12. The molecule has 1 amide bonds. The Balaban J connectivity index is 2.38. The van der Waals surface area contributed by atoms with Gasteiger partial charge in [-0.2, -0.15) is 0 Å². The van der Waals surface area contributed by atoms with Crippen molar-refractivity contribution in [3.63, 3.8) is 0 Å². The van der Waals surface area contributed by atoms with Crippen LogP contribution >= 0.6 is 12.2 Å². The molecule has 0 saturated heterocycles. The van der Waals surface area contributed by atoms with Crippen LogP contribution in [0.25, 0.3) is 0 Å². The van der Waals surface area contributed by atoms with E-state index in [9.17, 15) is 4.79 Å². The maximum Gasteiger partial charge on any atom is 0.257 e. The van der Waals surface area contributed by atoms with Crippen LogP contribution in [-0.2, 0) is 4.74 Å². The molecule has 0 saturated carbocycles. The van der Waals surface area contributed by atoms with E-state index in [0.717, 1.165) is 19.4 Å².